The van der Waals surface area contributed by atoms with Gasteiger partial charge in [-0.05, 0) is 0 Å². The number of nitrogens with one attached hydrogen (secondary N) is 1. The molecule has 0 unspecified atom stereocenters. The summed E-state index contributed by atoms with van der Waals surface area (Å²) in [6, 6.07) is 1.09. The molecule has 0 spiro atoms. The molecule has 0 aliphatic heterocycles. The van der Waals surface area contributed by atoms with Crippen LogP contribution in [0.15, 0.2) is 18.5 Å². The number of rotatable bonds is 3. The Bertz CT molecular complexity index is 298. The van der Waals surface area contributed by atoms with Crippen molar-refractivity contribution in [3.8, 4) is 0 Å². The van der Waals surface area contributed by atoms with Crippen LogP contribution in [0.3, 0.4) is 0 Å². The molecule has 0 bridgehead atoms. The Hall–Kier alpha value is -1.33. The van der Waals surface area contributed by atoms with E-state index in [1.54, 1.807) is 0 Å². The first-order valence-corrected chi connectivity index (χ1v) is 3.88. The highest BCUT2D eigenvalue weighted by Gasteiger charge is 2.26. The van der Waals surface area contributed by atoms with Gasteiger partial charge in [-0.2, -0.15) is 13.2 Å². The summed E-state index contributed by atoms with van der Waals surface area (Å²) >= 11 is 0. The Balaban J connectivity index is 2.39. The molecule has 1 rings (SSSR count). The summed E-state index contributed by atoms with van der Waals surface area (Å²) in [7, 11) is 0. The van der Waals surface area contributed by atoms with Gasteiger partial charge in [0, 0.05) is 12.6 Å². The van der Waals surface area contributed by atoms with Gasteiger partial charge >= 0.3 is 6.18 Å². The van der Waals surface area contributed by atoms with Crippen molar-refractivity contribution in [3.63, 3.8) is 0 Å². The number of halogens is 4. The summed E-state index contributed by atoms with van der Waals surface area (Å²) < 4.78 is 47.6. The Morgan fingerprint density at radius 3 is 2.57 bits per heavy atom. The molecule has 1 heterocycles. The first kappa shape index (κ1) is 10.7. The lowest BCUT2D eigenvalue weighted by molar-refractivity contribution is -0.131. The molecule has 1 N–H and O–H groups in total. The predicted octanol–water partition coefficient (Wildman–Crippen LogP) is 2.59. The highest BCUT2D eigenvalue weighted by molar-refractivity contribution is 5.39. The number of hydrogen-bond acceptors (Lipinski definition) is 2. The van der Waals surface area contributed by atoms with Crippen molar-refractivity contribution in [2.75, 3.05) is 11.9 Å². The average Bonchev–Trinajstić information content (AvgIpc) is 2.01. The first-order chi connectivity index (χ1) is 6.47. The van der Waals surface area contributed by atoms with Crippen LogP contribution in [0, 0.1) is 5.82 Å². The maximum atomic E-state index is 12.5. The molecule has 0 saturated heterocycles. The zero-order valence-electron chi connectivity index (χ0n) is 7.11. The van der Waals surface area contributed by atoms with Crippen LogP contribution >= 0.6 is 0 Å². The van der Waals surface area contributed by atoms with Crippen LogP contribution in [0.1, 0.15) is 6.42 Å². The molecule has 0 aromatic carbocycles. The summed E-state index contributed by atoms with van der Waals surface area (Å²) in [5.74, 6) is -0.581. The molecule has 14 heavy (non-hydrogen) atoms. The highest BCUT2D eigenvalue weighted by atomic mass is 19.4. The zero-order chi connectivity index (χ0) is 10.6. The minimum Gasteiger partial charge on any atom is -0.383 e. The van der Waals surface area contributed by atoms with E-state index in [1.165, 1.54) is 6.20 Å². The van der Waals surface area contributed by atoms with Crippen molar-refractivity contribution in [2.24, 2.45) is 0 Å². The molecule has 78 valence electrons. The number of pyridine rings is 1. The monoisotopic (exact) mass is 208 g/mol. The molecule has 1 aromatic rings. The van der Waals surface area contributed by atoms with Crippen molar-refractivity contribution in [2.45, 2.75) is 12.6 Å². The largest absolute Gasteiger partial charge is 0.390 e. The van der Waals surface area contributed by atoms with Crippen molar-refractivity contribution in [1.29, 1.82) is 0 Å². The van der Waals surface area contributed by atoms with Crippen molar-refractivity contribution >= 4 is 5.69 Å². The number of alkyl halides is 3. The van der Waals surface area contributed by atoms with Gasteiger partial charge in [-0.3, -0.25) is 4.98 Å². The molecule has 6 heteroatoms. The molecular formula is C8H8F4N2. The van der Waals surface area contributed by atoms with Crippen LogP contribution in [0.2, 0.25) is 0 Å². The lowest BCUT2D eigenvalue weighted by atomic mass is 10.3. The Labute approximate surface area is 78.0 Å². The molecule has 2 nitrogen and oxygen atoms in total. The molecule has 0 amide bonds. The van der Waals surface area contributed by atoms with Crippen LogP contribution < -0.4 is 5.32 Å². The van der Waals surface area contributed by atoms with E-state index < -0.39 is 18.4 Å². The predicted molar refractivity (Wildman–Crippen MR) is 43.4 cm³/mol. The fourth-order valence-corrected chi connectivity index (χ4v) is 0.857. The average molecular weight is 208 g/mol. The number of hydrogen-bond donors (Lipinski definition) is 1. The second-order valence-electron chi connectivity index (χ2n) is 2.68. The number of aromatic nitrogens is 1. The van der Waals surface area contributed by atoms with Gasteiger partial charge in [0.2, 0.25) is 0 Å². The van der Waals surface area contributed by atoms with Gasteiger partial charge in [0.05, 0.1) is 24.5 Å². The fraction of sp³-hybridized carbons (Fsp3) is 0.375. The third kappa shape index (κ3) is 4.06. The van der Waals surface area contributed by atoms with E-state index in [0.29, 0.717) is 0 Å². The third-order valence-corrected chi connectivity index (χ3v) is 1.44. The second kappa shape index (κ2) is 4.26. The van der Waals surface area contributed by atoms with E-state index in [2.05, 4.69) is 10.3 Å². The minimum atomic E-state index is -4.20. The lowest BCUT2D eigenvalue weighted by Gasteiger charge is -2.08. The summed E-state index contributed by atoms with van der Waals surface area (Å²) in [5, 5.41) is 2.42. The molecule has 1 aromatic heterocycles. The normalized spacial score (nSPS) is 11.4. The van der Waals surface area contributed by atoms with Gasteiger partial charge in [-0.25, -0.2) is 4.39 Å². The summed E-state index contributed by atoms with van der Waals surface area (Å²) in [4.78, 5) is 3.48. The van der Waals surface area contributed by atoms with Crippen LogP contribution in [0.4, 0.5) is 23.2 Å². The molecule has 0 aliphatic rings. The highest BCUT2D eigenvalue weighted by Crippen LogP contribution is 2.19. The van der Waals surface area contributed by atoms with E-state index >= 15 is 0 Å². The summed E-state index contributed by atoms with van der Waals surface area (Å²) in [5.41, 5.74) is 0.245. The zero-order valence-corrected chi connectivity index (χ0v) is 7.11. The van der Waals surface area contributed by atoms with Gasteiger partial charge in [-0.15, -0.1) is 0 Å². The van der Waals surface area contributed by atoms with E-state index in [-0.39, 0.29) is 12.2 Å². The third-order valence-electron chi connectivity index (χ3n) is 1.44. The molecule has 0 saturated carbocycles. The van der Waals surface area contributed by atoms with Crippen molar-refractivity contribution in [1.82, 2.24) is 4.98 Å². The van der Waals surface area contributed by atoms with E-state index in [4.69, 9.17) is 0 Å². The lowest BCUT2D eigenvalue weighted by Crippen LogP contribution is -2.14. The van der Waals surface area contributed by atoms with E-state index in [0.717, 1.165) is 12.3 Å². The number of anilines is 1. The van der Waals surface area contributed by atoms with Crippen molar-refractivity contribution in [3.05, 3.63) is 24.3 Å². The molecule has 0 fully saturated rings. The number of nitrogens with zero attached hydrogens (tertiary/aromatic N) is 1. The fourth-order valence-electron chi connectivity index (χ4n) is 0.857. The Morgan fingerprint density at radius 2 is 2.00 bits per heavy atom. The maximum absolute atomic E-state index is 12.5. The van der Waals surface area contributed by atoms with Gasteiger partial charge in [-0.1, -0.05) is 0 Å². The van der Waals surface area contributed by atoms with Crippen molar-refractivity contribution < 1.29 is 17.6 Å². The first-order valence-electron chi connectivity index (χ1n) is 3.88. The SMILES string of the molecule is Fc1cncc(NCCC(F)(F)F)c1. The van der Waals surface area contributed by atoms with Crippen LogP contribution in [0.25, 0.3) is 0 Å². The second-order valence-corrected chi connectivity index (χ2v) is 2.68. The Kier molecular flexibility index (Phi) is 3.27. The van der Waals surface area contributed by atoms with Crippen LogP contribution in [-0.4, -0.2) is 17.7 Å². The molecule has 0 radical (unpaired) electrons. The van der Waals surface area contributed by atoms with Gasteiger partial charge < -0.3 is 5.32 Å². The maximum Gasteiger partial charge on any atom is 0.390 e. The van der Waals surface area contributed by atoms with Crippen LogP contribution in [0.5, 0.6) is 0 Å². The van der Waals surface area contributed by atoms with Gasteiger partial charge in [0.15, 0.2) is 0 Å². The van der Waals surface area contributed by atoms with E-state index in [1.807, 2.05) is 0 Å². The van der Waals surface area contributed by atoms with Gasteiger partial charge in [0.1, 0.15) is 5.82 Å². The molecule has 0 aliphatic carbocycles. The van der Waals surface area contributed by atoms with Gasteiger partial charge in [0.25, 0.3) is 0 Å². The standard InChI is InChI=1S/C8H8F4N2/c9-6-3-7(5-13-4-6)14-2-1-8(10,11)12/h3-5,14H,1-2H2. The van der Waals surface area contributed by atoms with E-state index in [9.17, 15) is 17.6 Å². The quantitative estimate of drug-likeness (QED) is 0.772. The minimum absolute atomic E-state index is 0.245. The summed E-state index contributed by atoms with van der Waals surface area (Å²) in [6.07, 6.45) is -2.91. The summed E-state index contributed by atoms with van der Waals surface area (Å²) in [6.45, 7) is -0.283. The smallest absolute Gasteiger partial charge is 0.383 e. The van der Waals surface area contributed by atoms with Crippen LogP contribution in [-0.2, 0) is 0 Å². The molecule has 0 atom stereocenters. The molecular weight excluding hydrogens is 200 g/mol. The topological polar surface area (TPSA) is 24.9 Å². The Morgan fingerprint density at radius 1 is 1.29 bits per heavy atom.